The van der Waals surface area contributed by atoms with Gasteiger partial charge in [-0.15, -0.1) is 0 Å². The van der Waals surface area contributed by atoms with Gasteiger partial charge in [0.05, 0.1) is 41.9 Å². The van der Waals surface area contributed by atoms with Crippen molar-refractivity contribution >= 4 is 50.5 Å². The number of carbonyl (C=O) groups excluding carboxylic acids is 1. The minimum atomic E-state index is -3.79. The van der Waals surface area contributed by atoms with E-state index >= 15 is 0 Å². The van der Waals surface area contributed by atoms with Gasteiger partial charge in [0.1, 0.15) is 18.0 Å². The molecule has 0 bridgehead atoms. The van der Waals surface area contributed by atoms with Crippen LogP contribution in [0.5, 0.6) is 11.5 Å². The van der Waals surface area contributed by atoms with Crippen molar-refractivity contribution in [1.82, 2.24) is 0 Å². The first-order chi connectivity index (χ1) is 12.7. The molecule has 10 heteroatoms. The van der Waals surface area contributed by atoms with Gasteiger partial charge in [-0.1, -0.05) is 29.3 Å². The van der Waals surface area contributed by atoms with Gasteiger partial charge in [0.2, 0.25) is 15.9 Å². The van der Waals surface area contributed by atoms with Gasteiger partial charge in [0.25, 0.3) is 0 Å². The maximum Gasteiger partial charge on any atom is 0.245 e. The molecule has 27 heavy (non-hydrogen) atoms. The first kappa shape index (κ1) is 21.1. The van der Waals surface area contributed by atoms with Gasteiger partial charge in [0.15, 0.2) is 0 Å². The molecule has 0 radical (unpaired) electrons. The molecule has 1 N–H and O–H groups in total. The highest BCUT2D eigenvalue weighted by molar-refractivity contribution is 7.92. The first-order valence-corrected chi connectivity index (χ1v) is 10.2. The molecule has 0 aliphatic heterocycles. The maximum absolute atomic E-state index is 12.5. The first-order valence-electron chi connectivity index (χ1n) is 7.61. The predicted octanol–water partition coefficient (Wildman–Crippen LogP) is 3.42. The fourth-order valence-electron chi connectivity index (χ4n) is 2.30. The number of rotatable bonds is 7. The third kappa shape index (κ3) is 5.18. The van der Waals surface area contributed by atoms with E-state index in [0.717, 1.165) is 10.6 Å². The van der Waals surface area contributed by atoms with Crippen LogP contribution in [0, 0.1) is 0 Å². The number of amides is 1. The summed E-state index contributed by atoms with van der Waals surface area (Å²) >= 11 is 12.1. The van der Waals surface area contributed by atoms with Gasteiger partial charge in [-0.25, -0.2) is 8.42 Å². The highest BCUT2D eigenvalue weighted by atomic mass is 35.5. The van der Waals surface area contributed by atoms with Crippen LogP contribution in [-0.4, -0.2) is 41.3 Å². The molecule has 7 nitrogen and oxygen atoms in total. The molecule has 2 rings (SSSR count). The highest BCUT2D eigenvalue weighted by Gasteiger charge is 2.25. The number of halogens is 2. The summed E-state index contributed by atoms with van der Waals surface area (Å²) in [6.45, 7) is -0.497. The highest BCUT2D eigenvalue weighted by Crippen LogP contribution is 2.34. The van der Waals surface area contributed by atoms with Gasteiger partial charge >= 0.3 is 0 Å². The van der Waals surface area contributed by atoms with Crippen molar-refractivity contribution in [2.45, 2.75) is 0 Å². The second-order valence-electron chi connectivity index (χ2n) is 5.45. The number of para-hydroxylation sites is 1. The van der Waals surface area contributed by atoms with E-state index in [1.165, 1.54) is 26.4 Å². The van der Waals surface area contributed by atoms with Crippen LogP contribution in [0.4, 0.5) is 11.4 Å². The molecule has 0 fully saturated rings. The van der Waals surface area contributed by atoms with E-state index in [1.807, 2.05) is 0 Å². The molecular weight excluding hydrogens is 415 g/mol. The standard InChI is InChI=1S/C17H18Cl2N2O5S/c1-25-11-7-8-14(15(9-11)26-2)21(27(3,23)24)10-16(22)20-17-12(18)5-4-6-13(17)19/h4-9H,10H2,1-3H3,(H,20,22). The Hall–Kier alpha value is -2.16. The molecule has 0 atom stereocenters. The molecule has 0 unspecified atom stereocenters. The number of ether oxygens (including phenoxy) is 2. The summed E-state index contributed by atoms with van der Waals surface area (Å²) in [7, 11) is -0.925. The van der Waals surface area contributed by atoms with Crippen LogP contribution in [0.3, 0.4) is 0 Å². The van der Waals surface area contributed by atoms with Crippen molar-refractivity contribution < 1.29 is 22.7 Å². The van der Waals surface area contributed by atoms with Crippen LogP contribution in [0.2, 0.25) is 10.0 Å². The van der Waals surface area contributed by atoms with E-state index in [9.17, 15) is 13.2 Å². The summed E-state index contributed by atoms with van der Waals surface area (Å²) in [6.07, 6.45) is 0.992. The second kappa shape index (κ2) is 8.69. The minimum absolute atomic E-state index is 0.196. The molecule has 2 aromatic carbocycles. The normalized spacial score (nSPS) is 11.0. The van der Waals surface area contributed by atoms with Crippen LogP contribution in [0.15, 0.2) is 36.4 Å². The maximum atomic E-state index is 12.5. The van der Waals surface area contributed by atoms with Crippen molar-refractivity contribution in [2.24, 2.45) is 0 Å². The van der Waals surface area contributed by atoms with Gasteiger partial charge in [0, 0.05) is 6.07 Å². The lowest BCUT2D eigenvalue weighted by molar-refractivity contribution is -0.114. The van der Waals surface area contributed by atoms with Crippen LogP contribution in [0.25, 0.3) is 0 Å². The zero-order valence-electron chi connectivity index (χ0n) is 14.8. The Morgan fingerprint density at radius 1 is 1.11 bits per heavy atom. The summed E-state index contributed by atoms with van der Waals surface area (Å²) in [5.74, 6) is 0.105. The zero-order chi connectivity index (χ0) is 20.2. The lowest BCUT2D eigenvalue weighted by Gasteiger charge is -2.24. The van der Waals surface area contributed by atoms with Crippen molar-refractivity contribution in [3.05, 3.63) is 46.4 Å². The quantitative estimate of drug-likeness (QED) is 0.724. The Balaban J connectivity index is 2.35. The minimum Gasteiger partial charge on any atom is -0.497 e. The summed E-state index contributed by atoms with van der Waals surface area (Å²) in [5, 5.41) is 3.02. The number of nitrogens with one attached hydrogen (secondary N) is 1. The topological polar surface area (TPSA) is 84.9 Å². The van der Waals surface area contributed by atoms with E-state index in [2.05, 4.69) is 5.32 Å². The van der Waals surface area contributed by atoms with E-state index in [-0.39, 0.29) is 27.2 Å². The fraction of sp³-hybridized carbons (Fsp3) is 0.235. The van der Waals surface area contributed by atoms with Gasteiger partial charge < -0.3 is 14.8 Å². The molecule has 0 spiro atoms. The molecule has 1 amide bonds. The molecule has 0 aromatic heterocycles. The molecule has 0 aliphatic rings. The van der Waals surface area contributed by atoms with E-state index in [1.54, 1.807) is 24.3 Å². The predicted molar refractivity (Wildman–Crippen MR) is 107 cm³/mol. The monoisotopic (exact) mass is 432 g/mol. The Morgan fingerprint density at radius 3 is 2.26 bits per heavy atom. The SMILES string of the molecule is COc1ccc(N(CC(=O)Nc2c(Cl)cccc2Cl)S(C)(=O)=O)c(OC)c1. The number of sulfonamides is 1. The molecule has 0 aliphatic carbocycles. The second-order valence-corrected chi connectivity index (χ2v) is 8.17. The molecule has 2 aromatic rings. The average molecular weight is 433 g/mol. The number of methoxy groups -OCH3 is 2. The van der Waals surface area contributed by atoms with Crippen LogP contribution in [0.1, 0.15) is 0 Å². The summed E-state index contributed by atoms with van der Waals surface area (Å²) < 4.78 is 35.8. The molecule has 146 valence electrons. The Labute approximate surface area is 167 Å². The fourth-order valence-corrected chi connectivity index (χ4v) is 3.65. The Morgan fingerprint density at radius 2 is 1.74 bits per heavy atom. The Kier molecular flexibility index (Phi) is 6.80. The third-order valence-electron chi connectivity index (χ3n) is 3.57. The third-order valence-corrected chi connectivity index (χ3v) is 5.33. The largest absolute Gasteiger partial charge is 0.497 e. The van der Waals surface area contributed by atoms with Crippen molar-refractivity contribution in [3.63, 3.8) is 0 Å². The van der Waals surface area contributed by atoms with Crippen LogP contribution >= 0.6 is 23.2 Å². The van der Waals surface area contributed by atoms with Gasteiger partial charge in [-0.2, -0.15) is 0 Å². The number of benzene rings is 2. The number of nitrogens with zero attached hydrogens (tertiary/aromatic N) is 1. The van der Waals surface area contributed by atoms with Crippen LogP contribution < -0.4 is 19.1 Å². The lowest BCUT2D eigenvalue weighted by atomic mass is 10.2. The van der Waals surface area contributed by atoms with E-state index in [0.29, 0.717) is 5.75 Å². The lowest BCUT2D eigenvalue weighted by Crippen LogP contribution is -2.37. The molecule has 0 saturated carbocycles. The van der Waals surface area contributed by atoms with Crippen molar-refractivity contribution in [2.75, 3.05) is 36.6 Å². The summed E-state index contributed by atoms with van der Waals surface area (Å²) in [5.41, 5.74) is 0.405. The number of hydrogen-bond donors (Lipinski definition) is 1. The summed E-state index contributed by atoms with van der Waals surface area (Å²) in [4.78, 5) is 12.5. The van der Waals surface area contributed by atoms with Crippen LogP contribution in [-0.2, 0) is 14.8 Å². The number of carbonyl (C=O) groups is 1. The number of anilines is 2. The average Bonchev–Trinajstić information content (AvgIpc) is 2.61. The molecule has 0 saturated heterocycles. The van der Waals surface area contributed by atoms with Crippen molar-refractivity contribution in [3.8, 4) is 11.5 Å². The molecular formula is C17H18Cl2N2O5S. The Bertz CT molecular complexity index is 930. The van der Waals surface area contributed by atoms with Crippen molar-refractivity contribution in [1.29, 1.82) is 0 Å². The summed E-state index contributed by atoms with van der Waals surface area (Å²) in [6, 6.07) is 9.34. The molecule has 0 heterocycles. The number of hydrogen-bond acceptors (Lipinski definition) is 5. The van der Waals surface area contributed by atoms with E-state index in [4.69, 9.17) is 32.7 Å². The van der Waals surface area contributed by atoms with Gasteiger partial charge in [-0.05, 0) is 24.3 Å². The van der Waals surface area contributed by atoms with Gasteiger partial charge in [-0.3, -0.25) is 9.10 Å². The van der Waals surface area contributed by atoms with E-state index < -0.39 is 22.5 Å². The zero-order valence-corrected chi connectivity index (χ0v) is 17.2. The smallest absolute Gasteiger partial charge is 0.245 e.